The van der Waals surface area contributed by atoms with Gasteiger partial charge >= 0.3 is 5.97 Å². The number of halogens is 1. The van der Waals surface area contributed by atoms with Gasteiger partial charge in [-0.15, -0.1) is 0 Å². The van der Waals surface area contributed by atoms with Crippen molar-refractivity contribution in [3.05, 3.63) is 24.0 Å². The topological polar surface area (TPSA) is 75.6 Å². The minimum atomic E-state index is -1.09. The molecule has 0 aliphatic heterocycles. The number of benzene rings is 1. The van der Waals surface area contributed by atoms with Crippen molar-refractivity contribution in [3.8, 4) is 5.75 Å². The van der Waals surface area contributed by atoms with Crippen LogP contribution in [0.15, 0.2) is 18.2 Å². The first-order valence-corrected chi connectivity index (χ1v) is 8.39. The number of carbonyl (C=O) groups is 2. The van der Waals surface area contributed by atoms with Crippen molar-refractivity contribution in [2.75, 3.05) is 5.32 Å². The summed E-state index contributed by atoms with van der Waals surface area (Å²) in [5.41, 5.74) is -0.791. The molecule has 1 amide bonds. The largest absolute Gasteiger partial charge is 0.487 e. The van der Waals surface area contributed by atoms with Gasteiger partial charge in [0.05, 0.1) is 11.5 Å². The number of carbonyl (C=O) groups excluding carboxylic acids is 1. The Hall–Kier alpha value is -2.11. The first-order valence-electron chi connectivity index (χ1n) is 8.39. The lowest BCUT2D eigenvalue weighted by atomic mass is 9.79. The second kappa shape index (κ2) is 7.64. The predicted molar refractivity (Wildman–Crippen MR) is 88.6 cm³/mol. The molecule has 0 heterocycles. The minimum absolute atomic E-state index is 0.0743. The number of carboxylic acids is 1. The highest BCUT2D eigenvalue weighted by atomic mass is 19.1. The van der Waals surface area contributed by atoms with Crippen molar-refractivity contribution in [1.29, 1.82) is 0 Å². The maximum atomic E-state index is 14.0. The van der Waals surface area contributed by atoms with E-state index in [-0.39, 0.29) is 18.3 Å². The van der Waals surface area contributed by atoms with Crippen molar-refractivity contribution in [1.82, 2.24) is 0 Å². The van der Waals surface area contributed by atoms with Crippen LogP contribution < -0.4 is 10.1 Å². The van der Waals surface area contributed by atoms with Crippen LogP contribution in [-0.2, 0) is 9.59 Å². The molecular formula is C18H24FNO4. The van der Waals surface area contributed by atoms with Crippen LogP contribution in [-0.4, -0.2) is 23.1 Å². The summed E-state index contributed by atoms with van der Waals surface area (Å²) >= 11 is 0. The molecule has 1 aliphatic carbocycles. The molecule has 0 spiro atoms. The molecule has 24 heavy (non-hydrogen) atoms. The molecule has 2 N–H and O–H groups in total. The van der Waals surface area contributed by atoms with Crippen LogP contribution in [0.3, 0.4) is 0 Å². The summed E-state index contributed by atoms with van der Waals surface area (Å²) in [5.74, 6) is -1.78. The zero-order valence-corrected chi connectivity index (χ0v) is 14.1. The van der Waals surface area contributed by atoms with Gasteiger partial charge < -0.3 is 15.2 Å². The minimum Gasteiger partial charge on any atom is -0.487 e. The van der Waals surface area contributed by atoms with Gasteiger partial charge in [-0.3, -0.25) is 9.59 Å². The van der Waals surface area contributed by atoms with E-state index < -0.39 is 23.1 Å². The molecule has 2 rings (SSSR count). The Morgan fingerprint density at radius 1 is 1.33 bits per heavy atom. The zero-order valence-electron chi connectivity index (χ0n) is 14.1. The van der Waals surface area contributed by atoms with E-state index in [1.54, 1.807) is 19.9 Å². The summed E-state index contributed by atoms with van der Waals surface area (Å²) in [6, 6.07) is 4.26. The number of carboxylic acid groups (broad SMARTS) is 1. The van der Waals surface area contributed by atoms with Crippen LogP contribution in [0.25, 0.3) is 0 Å². The van der Waals surface area contributed by atoms with Gasteiger partial charge in [0.1, 0.15) is 0 Å². The number of rotatable bonds is 8. The normalized spacial score (nSPS) is 14.8. The van der Waals surface area contributed by atoms with Crippen molar-refractivity contribution >= 4 is 17.6 Å². The Kier molecular flexibility index (Phi) is 5.80. The Bertz CT molecular complexity index is 609. The number of aliphatic carboxylic acids is 1. The van der Waals surface area contributed by atoms with Crippen LogP contribution in [0.2, 0.25) is 0 Å². The van der Waals surface area contributed by atoms with E-state index >= 15 is 0 Å². The number of hydrogen-bond acceptors (Lipinski definition) is 3. The van der Waals surface area contributed by atoms with Crippen LogP contribution in [0, 0.1) is 11.2 Å². The molecule has 0 unspecified atom stereocenters. The summed E-state index contributed by atoms with van der Waals surface area (Å²) in [7, 11) is 0. The van der Waals surface area contributed by atoms with Gasteiger partial charge in [-0.25, -0.2) is 4.39 Å². The number of ether oxygens (including phenoxy) is 1. The maximum Gasteiger partial charge on any atom is 0.310 e. The van der Waals surface area contributed by atoms with Crippen LogP contribution in [0.4, 0.5) is 10.1 Å². The fourth-order valence-corrected chi connectivity index (χ4v) is 2.73. The Balaban J connectivity index is 2.00. The molecule has 1 aliphatic rings. The quantitative estimate of drug-likeness (QED) is 0.752. The summed E-state index contributed by atoms with van der Waals surface area (Å²) in [6.07, 6.45) is 3.61. The maximum absolute atomic E-state index is 14.0. The third-order valence-electron chi connectivity index (χ3n) is 4.87. The number of anilines is 1. The standard InChI is InChI=1S/C18H24FNO4/c1-3-18(4-2,17(22)23)11-16(21)20-12-8-9-15(14(19)10-12)24-13-6-5-7-13/h8-10,13H,3-7,11H2,1-2H3,(H,20,21)(H,22,23). The Morgan fingerprint density at radius 3 is 2.46 bits per heavy atom. The van der Waals surface area contributed by atoms with E-state index in [4.69, 9.17) is 4.74 Å². The van der Waals surface area contributed by atoms with Gasteiger partial charge in [-0.1, -0.05) is 13.8 Å². The zero-order chi connectivity index (χ0) is 17.7. The van der Waals surface area contributed by atoms with Crippen LogP contribution in [0.5, 0.6) is 5.75 Å². The third-order valence-corrected chi connectivity index (χ3v) is 4.87. The van der Waals surface area contributed by atoms with E-state index in [0.717, 1.165) is 19.3 Å². The molecular weight excluding hydrogens is 313 g/mol. The summed E-state index contributed by atoms with van der Waals surface area (Å²) in [6.45, 7) is 3.49. The monoisotopic (exact) mass is 337 g/mol. The first kappa shape index (κ1) is 18.2. The van der Waals surface area contributed by atoms with Gasteiger partial charge in [0.15, 0.2) is 11.6 Å². The summed E-state index contributed by atoms with van der Waals surface area (Å²) in [4.78, 5) is 23.6. The molecule has 132 valence electrons. The molecule has 0 saturated heterocycles. The highest BCUT2D eigenvalue weighted by molar-refractivity contribution is 5.94. The van der Waals surface area contributed by atoms with E-state index in [1.807, 2.05) is 0 Å². The highest BCUT2D eigenvalue weighted by Crippen LogP contribution is 2.32. The molecule has 1 fully saturated rings. The fourth-order valence-electron chi connectivity index (χ4n) is 2.73. The highest BCUT2D eigenvalue weighted by Gasteiger charge is 2.37. The summed E-state index contributed by atoms with van der Waals surface area (Å²) in [5, 5.41) is 11.9. The number of amides is 1. The fraction of sp³-hybridized carbons (Fsp3) is 0.556. The average Bonchev–Trinajstić information content (AvgIpc) is 2.49. The van der Waals surface area contributed by atoms with Crippen LogP contribution in [0.1, 0.15) is 52.4 Å². The first-order chi connectivity index (χ1) is 11.4. The van der Waals surface area contributed by atoms with Crippen molar-refractivity contribution in [3.63, 3.8) is 0 Å². The molecule has 5 nitrogen and oxygen atoms in total. The predicted octanol–water partition coefficient (Wildman–Crippen LogP) is 3.98. The van der Waals surface area contributed by atoms with Gasteiger partial charge in [0.25, 0.3) is 0 Å². The molecule has 0 bridgehead atoms. The lowest BCUT2D eigenvalue weighted by Gasteiger charge is -2.27. The van der Waals surface area contributed by atoms with Gasteiger partial charge in [0, 0.05) is 18.2 Å². The Morgan fingerprint density at radius 2 is 2.00 bits per heavy atom. The molecule has 0 atom stereocenters. The second-order valence-corrected chi connectivity index (χ2v) is 6.33. The van der Waals surface area contributed by atoms with E-state index in [0.29, 0.717) is 18.5 Å². The lowest BCUT2D eigenvalue weighted by molar-refractivity contribution is -0.151. The van der Waals surface area contributed by atoms with Crippen molar-refractivity contribution < 1.29 is 23.8 Å². The average molecular weight is 337 g/mol. The SMILES string of the molecule is CCC(CC)(CC(=O)Nc1ccc(OC2CCC2)c(F)c1)C(=O)O. The third kappa shape index (κ3) is 4.04. The molecule has 1 aromatic rings. The van der Waals surface area contributed by atoms with Crippen LogP contribution >= 0.6 is 0 Å². The van der Waals surface area contributed by atoms with E-state index in [1.165, 1.54) is 12.1 Å². The van der Waals surface area contributed by atoms with Crippen molar-refractivity contribution in [2.24, 2.45) is 5.41 Å². The van der Waals surface area contributed by atoms with Gasteiger partial charge in [0.2, 0.25) is 5.91 Å². The summed E-state index contributed by atoms with van der Waals surface area (Å²) < 4.78 is 19.6. The second-order valence-electron chi connectivity index (χ2n) is 6.33. The Labute approximate surface area is 141 Å². The van der Waals surface area contributed by atoms with Gasteiger partial charge in [-0.2, -0.15) is 0 Å². The molecule has 0 aromatic heterocycles. The number of nitrogens with one attached hydrogen (secondary N) is 1. The number of hydrogen-bond donors (Lipinski definition) is 2. The van der Waals surface area contributed by atoms with Crippen molar-refractivity contribution in [2.45, 2.75) is 58.5 Å². The van der Waals surface area contributed by atoms with E-state index in [2.05, 4.69) is 5.32 Å². The molecule has 0 radical (unpaired) electrons. The lowest BCUT2D eigenvalue weighted by Crippen LogP contribution is -2.34. The smallest absolute Gasteiger partial charge is 0.310 e. The van der Waals surface area contributed by atoms with E-state index in [9.17, 15) is 19.1 Å². The molecule has 1 saturated carbocycles. The molecule has 6 heteroatoms. The molecule has 1 aromatic carbocycles. The van der Waals surface area contributed by atoms with Gasteiger partial charge in [-0.05, 0) is 44.2 Å².